The first kappa shape index (κ1) is 8.02. The predicted octanol–water partition coefficient (Wildman–Crippen LogP) is 1.15. The van der Waals surface area contributed by atoms with E-state index in [-0.39, 0.29) is 5.54 Å². The molecule has 0 unspecified atom stereocenters. The lowest BCUT2D eigenvalue weighted by molar-refractivity contribution is 0.0363. The number of rotatable bonds is 1. The van der Waals surface area contributed by atoms with E-state index in [2.05, 4.69) is 13.8 Å². The highest BCUT2D eigenvalue weighted by molar-refractivity contribution is 4.88. The third-order valence-electron chi connectivity index (χ3n) is 2.57. The first-order chi connectivity index (χ1) is 4.65. The molecule has 0 aromatic heterocycles. The SMILES string of the molecule is CC(C)C1(N)CCOCC1. The van der Waals surface area contributed by atoms with Crippen molar-refractivity contribution >= 4 is 0 Å². The van der Waals surface area contributed by atoms with E-state index in [4.69, 9.17) is 10.5 Å². The summed E-state index contributed by atoms with van der Waals surface area (Å²) in [6.45, 7) is 6.06. The Morgan fingerprint density at radius 1 is 1.30 bits per heavy atom. The van der Waals surface area contributed by atoms with E-state index in [1.54, 1.807) is 0 Å². The van der Waals surface area contributed by atoms with Gasteiger partial charge in [-0.3, -0.25) is 0 Å². The van der Waals surface area contributed by atoms with Crippen molar-refractivity contribution in [2.45, 2.75) is 32.2 Å². The molecule has 0 radical (unpaired) electrons. The van der Waals surface area contributed by atoms with Crippen LogP contribution in [-0.2, 0) is 4.74 Å². The first-order valence-electron chi connectivity index (χ1n) is 4.02. The highest BCUT2D eigenvalue weighted by Crippen LogP contribution is 2.25. The average molecular weight is 143 g/mol. The molecule has 0 atom stereocenters. The highest BCUT2D eigenvalue weighted by Gasteiger charge is 2.30. The second-order valence-corrected chi connectivity index (χ2v) is 3.50. The van der Waals surface area contributed by atoms with E-state index >= 15 is 0 Å². The zero-order valence-electron chi connectivity index (χ0n) is 6.89. The minimum absolute atomic E-state index is 0.0538. The molecule has 0 aromatic carbocycles. The standard InChI is InChI=1S/C8H17NO/c1-7(2)8(9)3-5-10-6-4-8/h7H,3-6,9H2,1-2H3. The minimum Gasteiger partial charge on any atom is -0.381 e. The molecule has 1 saturated heterocycles. The van der Waals surface area contributed by atoms with Crippen LogP contribution in [0.2, 0.25) is 0 Å². The van der Waals surface area contributed by atoms with Gasteiger partial charge in [0.1, 0.15) is 0 Å². The fourth-order valence-corrected chi connectivity index (χ4v) is 1.33. The number of nitrogens with two attached hydrogens (primary N) is 1. The molecule has 1 aliphatic heterocycles. The molecule has 10 heavy (non-hydrogen) atoms. The summed E-state index contributed by atoms with van der Waals surface area (Å²) in [6, 6.07) is 0. The van der Waals surface area contributed by atoms with Crippen molar-refractivity contribution in [3.8, 4) is 0 Å². The third-order valence-corrected chi connectivity index (χ3v) is 2.57. The minimum atomic E-state index is 0.0538. The molecule has 2 nitrogen and oxygen atoms in total. The van der Waals surface area contributed by atoms with Crippen LogP contribution in [0, 0.1) is 5.92 Å². The molecule has 0 aliphatic carbocycles. The van der Waals surface area contributed by atoms with Crippen LogP contribution < -0.4 is 5.73 Å². The van der Waals surface area contributed by atoms with Crippen molar-refractivity contribution in [1.29, 1.82) is 0 Å². The second kappa shape index (κ2) is 2.89. The molecule has 0 amide bonds. The molecular weight excluding hydrogens is 126 g/mol. The van der Waals surface area contributed by atoms with E-state index in [0.717, 1.165) is 26.1 Å². The summed E-state index contributed by atoms with van der Waals surface area (Å²) >= 11 is 0. The Balaban J connectivity index is 2.48. The van der Waals surface area contributed by atoms with Gasteiger partial charge >= 0.3 is 0 Å². The van der Waals surface area contributed by atoms with Crippen LogP contribution in [0.4, 0.5) is 0 Å². The quantitative estimate of drug-likeness (QED) is 0.597. The Morgan fingerprint density at radius 2 is 1.80 bits per heavy atom. The van der Waals surface area contributed by atoms with Crippen LogP contribution in [0.3, 0.4) is 0 Å². The molecule has 1 fully saturated rings. The van der Waals surface area contributed by atoms with Crippen LogP contribution in [0.1, 0.15) is 26.7 Å². The number of hydrogen-bond donors (Lipinski definition) is 1. The Kier molecular flexibility index (Phi) is 2.32. The Bertz CT molecular complexity index is 106. The summed E-state index contributed by atoms with van der Waals surface area (Å²) < 4.78 is 5.24. The van der Waals surface area contributed by atoms with Gasteiger partial charge in [-0.2, -0.15) is 0 Å². The summed E-state index contributed by atoms with van der Waals surface area (Å²) in [7, 11) is 0. The van der Waals surface area contributed by atoms with Gasteiger partial charge in [0.05, 0.1) is 0 Å². The number of hydrogen-bond acceptors (Lipinski definition) is 2. The van der Waals surface area contributed by atoms with E-state index in [9.17, 15) is 0 Å². The summed E-state index contributed by atoms with van der Waals surface area (Å²) in [6.07, 6.45) is 2.04. The molecule has 0 aromatic rings. The van der Waals surface area contributed by atoms with Gasteiger partial charge in [0.2, 0.25) is 0 Å². The fourth-order valence-electron chi connectivity index (χ4n) is 1.33. The van der Waals surface area contributed by atoms with E-state index in [0.29, 0.717) is 5.92 Å². The summed E-state index contributed by atoms with van der Waals surface area (Å²) in [4.78, 5) is 0. The Morgan fingerprint density at radius 3 is 2.10 bits per heavy atom. The summed E-state index contributed by atoms with van der Waals surface area (Å²) in [5, 5.41) is 0. The average Bonchev–Trinajstić information content (AvgIpc) is 1.89. The molecule has 2 heteroatoms. The number of ether oxygens (including phenoxy) is 1. The van der Waals surface area contributed by atoms with Gasteiger partial charge in [-0.25, -0.2) is 0 Å². The maximum Gasteiger partial charge on any atom is 0.0483 e. The maximum absolute atomic E-state index is 6.12. The lowest BCUT2D eigenvalue weighted by Crippen LogP contribution is -2.49. The van der Waals surface area contributed by atoms with Crippen molar-refractivity contribution in [3.63, 3.8) is 0 Å². The zero-order valence-corrected chi connectivity index (χ0v) is 6.89. The summed E-state index contributed by atoms with van der Waals surface area (Å²) in [5.41, 5.74) is 6.18. The van der Waals surface area contributed by atoms with Crippen LogP contribution >= 0.6 is 0 Å². The molecule has 0 bridgehead atoms. The Hall–Kier alpha value is -0.0800. The maximum atomic E-state index is 6.12. The van der Waals surface area contributed by atoms with Crippen molar-refractivity contribution in [2.24, 2.45) is 11.7 Å². The molecule has 0 saturated carbocycles. The monoisotopic (exact) mass is 143 g/mol. The normalized spacial score (nSPS) is 25.2. The highest BCUT2D eigenvalue weighted by atomic mass is 16.5. The van der Waals surface area contributed by atoms with E-state index in [1.807, 2.05) is 0 Å². The topological polar surface area (TPSA) is 35.2 Å². The van der Waals surface area contributed by atoms with Gasteiger partial charge in [-0.15, -0.1) is 0 Å². The lowest BCUT2D eigenvalue weighted by atomic mass is 9.81. The van der Waals surface area contributed by atoms with Gasteiger partial charge in [-0.05, 0) is 18.8 Å². The van der Waals surface area contributed by atoms with Crippen molar-refractivity contribution < 1.29 is 4.74 Å². The van der Waals surface area contributed by atoms with Crippen LogP contribution in [0.15, 0.2) is 0 Å². The molecule has 2 N–H and O–H groups in total. The third kappa shape index (κ3) is 1.50. The zero-order chi connectivity index (χ0) is 7.61. The van der Waals surface area contributed by atoms with E-state index in [1.165, 1.54) is 0 Å². The Labute approximate surface area is 62.7 Å². The molecule has 60 valence electrons. The van der Waals surface area contributed by atoms with Gasteiger partial charge in [0.25, 0.3) is 0 Å². The van der Waals surface area contributed by atoms with Crippen LogP contribution in [-0.4, -0.2) is 18.8 Å². The first-order valence-corrected chi connectivity index (χ1v) is 4.02. The molecule has 1 heterocycles. The second-order valence-electron chi connectivity index (χ2n) is 3.50. The molecule has 1 rings (SSSR count). The molecular formula is C8H17NO. The van der Waals surface area contributed by atoms with Gasteiger partial charge in [0, 0.05) is 18.8 Å². The smallest absolute Gasteiger partial charge is 0.0483 e. The van der Waals surface area contributed by atoms with E-state index < -0.39 is 0 Å². The largest absolute Gasteiger partial charge is 0.381 e. The lowest BCUT2D eigenvalue weighted by Gasteiger charge is -2.36. The van der Waals surface area contributed by atoms with Crippen molar-refractivity contribution in [1.82, 2.24) is 0 Å². The van der Waals surface area contributed by atoms with Crippen molar-refractivity contribution in [3.05, 3.63) is 0 Å². The van der Waals surface area contributed by atoms with Crippen LogP contribution in [0.5, 0.6) is 0 Å². The van der Waals surface area contributed by atoms with Crippen LogP contribution in [0.25, 0.3) is 0 Å². The predicted molar refractivity (Wildman–Crippen MR) is 41.8 cm³/mol. The van der Waals surface area contributed by atoms with Gasteiger partial charge in [0.15, 0.2) is 0 Å². The van der Waals surface area contributed by atoms with Crippen molar-refractivity contribution in [2.75, 3.05) is 13.2 Å². The van der Waals surface area contributed by atoms with Gasteiger partial charge in [-0.1, -0.05) is 13.8 Å². The molecule has 1 aliphatic rings. The summed E-state index contributed by atoms with van der Waals surface area (Å²) in [5.74, 6) is 0.580. The van der Waals surface area contributed by atoms with Gasteiger partial charge < -0.3 is 10.5 Å². The molecule has 0 spiro atoms. The fraction of sp³-hybridized carbons (Fsp3) is 1.00.